The van der Waals surface area contributed by atoms with Crippen molar-refractivity contribution in [3.8, 4) is 0 Å². The lowest BCUT2D eigenvalue weighted by atomic mass is 10.1. The first-order valence-corrected chi connectivity index (χ1v) is 8.69. The summed E-state index contributed by atoms with van der Waals surface area (Å²) in [5.41, 5.74) is 1.24. The minimum Gasteiger partial charge on any atom is -0.313 e. The van der Waals surface area contributed by atoms with Crippen LogP contribution in [0.4, 0.5) is 0 Å². The summed E-state index contributed by atoms with van der Waals surface area (Å²) in [5, 5.41) is 4.81. The number of benzene rings is 1. The Labute approximate surface area is 131 Å². The van der Waals surface area contributed by atoms with Crippen molar-refractivity contribution in [3.63, 3.8) is 0 Å². The van der Waals surface area contributed by atoms with Crippen LogP contribution < -0.4 is 5.32 Å². The van der Waals surface area contributed by atoms with Crippen LogP contribution in [0.3, 0.4) is 0 Å². The summed E-state index contributed by atoms with van der Waals surface area (Å²) in [6, 6.07) is 6.40. The summed E-state index contributed by atoms with van der Waals surface area (Å²) >= 11 is 14.0. The van der Waals surface area contributed by atoms with Gasteiger partial charge in [0, 0.05) is 11.8 Å². The zero-order valence-corrected chi connectivity index (χ0v) is 14.2. The second-order valence-electron chi connectivity index (χ2n) is 5.14. The number of hydrogen-bond donors (Lipinski definition) is 1. The molecule has 0 aliphatic rings. The van der Waals surface area contributed by atoms with E-state index in [0.29, 0.717) is 16.1 Å². The fourth-order valence-corrected chi connectivity index (χ4v) is 3.32. The standard InChI is InChI=1S/C15H23Cl2NS/c1-4-18-13(10-19-9-11(2)3)7-12-5-6-14(16)15(17)8-12/h5-6,8,11,13,18H,4,7,9-10H2,1-3H3. The van der Waals surface area contributed by atoms with Crippen LogP contribution in [0.2, 0.25) is 10.0 Å². The molecule has 1 nitrogen and oxygen atoms in total. The molecule has 0 amide bonds. The third-order valence-corrected chi connectivity index (χ3v) is 5.01. The van der Waals surface area contributed by atoms with Crippen LogP contribution in [-0.4, -0.2) is 24.1 Å². The van der Waals surface area contributed by atoms with E-state index in [1.807, 2.05) is 23.9 Å². The molecule has 0 saturated heterocycles. The molecule has 1 aromatic carbocycles. The van der Waals surface area contributed by atoms with E-state index in [9.17, 15) is 0 Å². The number of likely N-dealkylation sites (N-methyl/N-ethyl adjacent to an activating group) is 1. The number of hydrogen-bond acceptors (Lipinski definition) is 2. The van der Waals surface area contributed by atoms with E-state index in [1.54, 1.807) is 0 Å². The lowest BCUT2D eigenvalue weighted by molar-refractivity contribution is 0.572. The minimum atomic E-state index is 0.492. The van der Waals surface area contributed by atoms with E-state index in [1.165, 1.54) is 11.3 Å². The van der Waals surface area contributed by atoms with Gasteiger partial charge in [0.2, 0.25) is 0 Å². The molecule has 1 N–H and O–H groups in total. The summed E-state index contributed by atoms with van der Waals surface area (Å²) in [4.78, 5) is 0. The molecular formula is C15H23Cl2NS. The van der Waals surface area contributed by atoms with Crippen molar-refractivity contribution < 1.29 is 0 Å². The molecule has 0 saturated carbocycles. The monoisotopic (exact) mass is 319 g/mol. The van der Waals surface area contributed by atoms with Crippen molar-refractivity contribution in [2.45, 2.75) is 33.2 Å². The van der Waals surface area contributed by atoms with Gasteiger partial charge in [-0.2, -0.15) is 11.8 Å². The third kappa shape index (κ3) is 6.89. The normalized spacial score (nSPS) is 12.9. The minimum absolute atomic E-state index is 0.492. The first-order valence-electron chi connectivity index (χ1n) is 6.78. The van der Waals surface area contributed by atoms with Gasteiger partial charge < -0.3 is 5.32 Å². The molecule has 1 atom stereocenters. The number of nitrogens with one attached hydrogen (secondary N) is 1. The lowest BCUT2D eigenvalue weighted by Gasteiger charge is -2.18. The van der Waals surface area contributed by atoms with Crippen LogP contribution in [0.5, 0.6) is 0 Å². The largest absolute Gasteiger partial charge is 0.313 e. The first kappa shape index (κ1) is 17.2. The van der Waals surface area contributed by atoms with Gasteiger partial charge in [-0.25, -0.2) is 0 Å². The fourth-order valence-electron chi connectivity index (χ4n) is 1.88. The maximum Gasteiger partial charge on any atom is 0.0595 e. The zero-order valence-electron chi connectivity index (χ0n) is 11.9. The Morgan fingerprint density at radius 3 is 2.47 bits per heavy atom. The van der Waals surface area contributed by atoms with Crippen molar-refractivity contribution in [1.29, 1.82) is 0 Å². The Morgan fingerprint density at radius 2 is 1.89 bits per heavy atom. The quantitative estimate of drug-likeness (QED) is 0.731. The Bertz CT molecular complexity index is 382. The molecule has 4 heteroatoms. The van der Waals surface area contributed by atoms with Crippen molar-refractivity contribution in [2.75, 3.05) is 18.1 Å². The average molecular weight is 320 g/mol. The van der Waals surface area contributed by atoms with Gasteiger partial charge in [-0.3, -0.25) is 0 Å². The van der Waals surface area contributed by atoms with Gasteiger partial charge in [0.25, 0.3) is 0 Å². The highest BCUT2D eigenvalue weighted by Gasteiger charge is 2.10. The van der Waals surface area contributed by atoms with Gasteiger partial charge in [0.1, 0.15) is 0 Å². The van der Waals surface area contributed by atoms with Crippen molar-refractivity contribution in [1.82, 2.24) is 5.32 Å². The molecule has 0 aliphatic heterocycles. The van der Waals surface area contributed by atoms with Crippen LogP contribution >= 0.6 is 35.0 Å². The summed E-state index contributed by atoms with van der Waals surface area (Å²) < 4.78 is 0. The predicted molar refractivity (Wildman–Crippen MR) is 89.8 cm³/mol. The Morgan fingerprint density at radius 1 is 1.16 bits per heavy atom. The number of rotatable bonds is 8. The number of thioether (sulfide) groups is 1. The summed E-state index contributed by atoms with van der Waals surface area (Å²) in [5.74, 6) is 3.09. The second-order valence-corrected chi connectivity index (χ2v) is 7.03. The van der Waals surface area contributed by atoms with Crippen LogP contribution in [0, 0.1) is 5.92 Å². The summed E-state index contributed by atoms with van der Waals surface area (Å²) in [6.45, 7) is 7.66. The summed E-state index contributed by atoms with van der Waals surface area (Å²) in [6.07, 6.45) is 0.996. The zero-order chi connectivity index (χ0) is 14.3. The molecule has 0 spiro atoms. The SMILES string of the molecule is CCNC(CSCC(C)C)Cc1ccc(Cl)c(Cl)c1. The van der Waals surface area contributed by atoms with Crippen molar-refractivity contribution >= 4 is 35.0 Å². The highest BCUT2D eigenvalue weighted by atomic mass is 35.5. The topological polar surface area (TPSA) is 12.0 Å². The van der Waals surface area contributed by atoms with Gasteiger partial charge in [-0.15, -0.1) is 0 Å². The van der Waals surface area contributed by atoms with E-state index in [4.69, 9.17) is 23.2 Å². The predicted octanol–water partition coefficient (Wildman–Crippen LogP) is 4.90. The molecule has 0 heterocycles. The molecule has 0 aliphatic carbocycles. The molecule has 0 bridgehead atoms. The first-order chi connectivity index (χ1) is 9.02. The maximum atomic E-state index is 6.06. The van der Waals surface area contributed by atoms with Gasteiger partial charge in [0.15, 0.2) is 0 Å². The Kier molecular flexibility index (Phi) is 8.24. The lowest BCUT2D eigenvalue weighted by Crippen LogP contribution is -2.33. The van der Waals surface area contributed by atoms with Crippen LogP contribution in [0.25, 0.3) is 0 Å². The van der Waals surface area contributed by atoms with E-state index in [2.05, 4.69) is 32.2 Å². The van der Waals surface area contributed by atoms with Gasteiger partial charge in [-0.05, 0) is 42.3 Å². The number of halogens is 2. The van der Waals surface area contributed by atoms with Crippen molar-refractivity contribution in [2.24, 2.45) is 5.92 Å². The van der Waals surface area contributed by atoms with E-state index >= 15 is 0 Å². The Balaban J connectivity index is 2.54. The molecule has 1 rings (SSSR count). The highest BCUT2D eigenvalue weighted by molar-refractivity contribution is 7.99. The van der Waals surface area contributed by atoms with Crippen LogP contribution in [-0.2, 0) is 6.42 Å². The van der Waals surface area contributed by atoms with E-state index in [-0.39, 0.29) is 0 Å². The van der Waals surface area contributed by atoms with E-state index in [0.717, 1.165) is 24.6 Å². The third-order valence-electron chi connectivity index (χ3n) is 2.73. The van der Waals surface area contributed by atoms with Gasteiger partial charge in [0.05, 0.1) is 10.0 Å². The maximum absolute atomic E-state index is 6.06. The molecular weight excluding hydrogens is 297 g/mol. The second kappa shape index (κ2) is 9.12. The Hall–Kier alpha value is 0.110. The molecule has 1 aromatic rings. The van der Waals surface area contributed by atoms with Crippen LogP contribution in [0.1, 0.15) is 26.3 Å². The smallest absolute Gasteiger partial charge is 0.0595 e. The highest BCUT2D eigenvalue weighted by Crippen LogP contribution is 2.23. The summed E-state index contributed by atoms with van der Waals surface area (Å²) in [7, 11) is 0. The molecule has 1 unspecified atom stereocenters. The van der Waals surface area contributed by atoms with E-state index < -0.39 is 0 Å². The molecule has 0 aromatic heterocycles. The molecule has 0 fully saturated rings. The molecule has 108 valence electrons. The fraction of sp³-hybridized carbons (Fsp3) is 0.600. The molecule has 19 heavy (non-hydrogen) atoms. The van der Waals surface area contributed by atoms with Gasteiger partial charge >= 0.3 is 0 Å². The van der Waals surface area contributed by atoms with Crippen LogP contribution in [0.15, 0.2) is 18.2 Å². The van der Waals surface area contributed by atoms with Crippen molar-refractivity contribution in [3.05, 3.63) is 33.8 Å². The van der Waals surface area contributed by atoms with Gasteiger partial charge in [-0.1, -0.05) is 50.0 Å². The molecule has 0 radical (unpaired) electrons. The average Bonchev–Trinajstić information content (AvgIpc) is 2.33.